The molecule has 0 saturated heterocycles. The average Bonchev–Trinajstić information content (AvgIpc) is 2.47. The molecule has 1 aromatic heterocycles. The molecule has 0 aliphatic rings. The van der Waals surface area contributed by atoms with Gasteiger partial charge in [-0.15, -0.1) is 0 Å². The molecule has 3 aromatic rings. The third-order valence-electron chi connectivity index (χ3n) is 3.14. The Kier molecular flexibility index (Phi) is 3.72. The highest BCUT2D eigenvalue weighted by molar-refractivity contribution is 9.10. The van der Waals surface area contributed by atoms with Gasteiger partial charge in [0.15, 0.2) is 0 Å². The molecular formula is C15H10BrN3O3. The van der Waals surface area contributed by atoms with E-state index in [1.165, 1.54) is 12.4 Å². The van der Waals surface area contributed by atoms with Gasteiger partial charge < -0.3 is 4.74 Å². The van der Waals surface area contributed by atoms with E-state index in [2.05, 4.69) is 25.9 Å². The van der Waals surface area contributed by atoms with Crippen molar-refractivity contribution < 1.29 is 9.66 Å². The highest BCUT2D eigenvalue weighted by Crippen LogP contribution is 2.30. The number of ether oxygens (including phenoxy) is 1. The first-order valence-corrected chi connectivity index (χ1v) is 7.17. The van der Waals surface area contributed by atoms with E-state index in [1.54, 1.807) is 19.1 Å². The second-order valence-electron chi connectivity index (χ2n) is 4.65. The van der Waals surface area contributed by atoms with Crippen molar-refractivity contribution in [2.75, 3.05) is 0 Å². The van der Waals surface area contributed by atoms with Gasteiger partial charge in [0.1, 0.15) is 12.1 Å². The zero-order valence-electron chi connectivity index (χ0n) is 11.5. The summed E-state index contributed by atoms with van der Waals surface area (Å²) >= 11 is 3.40. The lowest BCUT2D eigenvalue weighted by Gasteiger charge is -2.08. The molecule has 22 heavy (non-hydrogen) atoms. The van der Waals surface area contributed by atoms with Crippen molar-refractivity contribution in [3.8, 4) is 11.6 Å². The van der Waals surface area contributed by atoms with E-state index in [-0.39, 0.29) is 5.69 Å². The van der Waals surface area contributed by atoms with Crippen LogP contribution in [0.25, 0.3) is 10.9 Å². The van der Waals surface area contributed by atoms with E-state index >= 15 is 0 Å². The zero-order valence-corrected chi connectivity index (χ0v) is 13.1. The van der Waals surface area contributed by atoms with Crippen molar-refractivity contribution in [2.24, 2.45) is 0 Å². The standard InChI is InChI=1S/C15H10BrN3O3/c1-9-6-11(3-5-14(9)19(20)21)22-15-12-7-10(16)2-4-13(12)17-8-18-15/h2-8H,1H3. The number of nitrogens with zero attached hydrogens (tertiary/aromatic N) is 3. The molecule has 0 radical (unpaired) electrons. The number of rotatable bonds is 3. The van der Waals surface area contributed by atoms with Crippen molar-refractivity contribution >= 4 is 32.5 Å². The Bertz CT molecular complexity index is 883. The van der Waals surface area contributed by atoms with Crippen LogP contribution in [0.2, 0.25) is 0 Å². The fraction of sp³-hybridized carbons (Fsp3) is 0.0667. The van der Waals surface area contributed by atoms with Crippen LogP contribution in [0.15, 0.2) is 47.2 Å². The predicted molar refractivity (Wildman–Crippen MR) is 85.1 cm³/mol. The fourth-order valence-corrected chi connectivity index (χ4v) is 2.46. The first kappa shape index (κ1) is 14.4. The zero-order chi connectivity index (χ0) is 15.7. The number of benzene rings is 2. The Labute approximate surface area is 134 Å². The maximum absolute atomic E-state index is 10.8. The van der Waals surface area contributed by atoms with Gasteiger partial charge in [0.2, 0.25) is 5.88 Å². The van der Waals surface area contributed by atoms with E-state index < -0.39 is 4.92 Å². The van der Waals surface area contributed by atoms with Crippen LogP contribution in [0.5, 0.6) is 11.6 Å². The fourth-order valence-electron chi connectivity index (χ4n) is 2.09. The predicted octanol–water partition coefficient (Wildman–Crippen LogP) is 4.40. The van der Waals surface area contributed by atoms with Gasteiger partial charge in [0.25, 0.3) is 5.69 Å². The van der Waals surface area contributed by atoms with E-state index in [0.717, 1.165) is 15.4 Å². The SMILES string of the molecule is Cc1cc(Oc2ncnc3ccc(Br)cc23)ccc1[N+](=O)[O-]. The van der Waals surface area contributed by atoms with Crippen molar-refractivity contribution in [1.82, 2.24) is 9.97 Å². The number of hydrogen-bond donors (Lipinski definition) is 0. The summed E-state index contributed by atoms with van der Waals surface area (Å²) in [5.74, 6) is 0.891. The van der Waals surface area contributed by atoms with Crippen LogP contribution in [0.1, 0.15) is 5.56 Å². The van der Waals surface area contributed by atoms with Crippen LogP contribution in [0.4, 0.5) is 5.69 Å². The van der Waals surface area contributed by atoms with Crippen molar-refractivity contribution in [2.45, 2.75) is 6.92 Å². The van der Waals surface area contributed by atoms with Gasteiger partial charge in [-0.05, 0) is 37.3 Å². The van der Waals surface area contributed by atoms with E-state index in [1.807, 2.05) is 18.2 Å². The lowest BCUT2D eigenvalue weighted by atomic mass is 10.2. The molecule has 0 bridgehead atoms. The van der Waals surface area contributed by atoms with Crippen LogP contribution < -0.4 is 4.74 Å². The van der Waals surface area contributed by atoms with Crippen molar-refractivity contribution in [3.05, 3.63) is 62.9 Å². The average molecular weight is 360 g/mol. The normalized spacial score (nSPS) is 10.6. The Hall–Kier alpha value is -2.54. The van der Waals surface area contributed by atoms with Crippen molar-refractivity contribution in [3.63, 3.8) is 0 Å². The number of aromatic nitrogens is 2. The summed E-state index contributed by atoms with van der Waals surface area (Å²) in [6.45, 7) is 1.67. The largest absolute Gasteiger partial charge is 0.438 e. The Morgan fingerprint density at radius 2 is 2.00 bits per heavy atom. The molecule has 0 saturated carbocycles. The van der Waals surface area contributed by atoms with E-state index in [9.17, 15) is 10.1 Å². The Morgan fingerprint density at radius 3 is 2.73 bits per heavy atom. The Balaban J connectivity index is 2.01. The molecule has 0 aliphatic carbocycles. The second-order valence-corrected chi connectivity index (χ2v) is 5.56. The number of nitro groups is 1. The summed E-state index contributed by atoms with van der Waals surface area (Å²) in [5.41, 5.74) is 1.34. The van der Waals surface area contributed by atoms with Gasteiger partial charge in [0.05, 0.1) is 15.8 Å². The molecule has 110 valence electrons. The minimum absolute atomic E-state index is 0.0580. The lowest BCUT2D eigenvalue weighted by molar-refractivity contribution is -0.385. The smallest absolute Gasteiger partial charge is 0.272 e. The maximum atomic E-state index is 10.8. The van der Waals surface area contributed by atoms with Gasteiger partial charge in [-0.3, -0.25) is 10.1 Å². The van der Waals surface area contributed by atoms with Crippen molar-refractivity contribution in [1.29, 1.82) is 0 Å². The third kappa shape index (κ3) is 2.75. The van der Waals surface area contributed by atoms with Crippen LogP contribution in [0.3, 0.4) is 0 Å². The summed E-state index contributed by atoms with van der Waals surface area (Å²) in [5, 5.41) is 11.6. The molecule has 0 spiro atoms. The maximum Gasteiger partial charge on any atom is 0.272 e. The summed E-state index contributed by atoms with van der Waals surface area (Å²) in [6, 6.07) is 10.2. The molecule has 3 rings (SSSR count). The molecule has 0 atom stereocenters. The molecule has 0 unspecified atom stereocenters. The van der Waals surface area contributed by atoms with Crippen LogP contribution >= 0.6 is 15.9 Å². The molecular weight excluding hydrogens is 350 g/mol. The minimum Gasteiger partial charge on any atom is -0.438 e. The number of halogens is 1. The Morgan fingerprint density at radius 1 is 1.18 bits per heavy atom. The summed E-state index contributed by atoms with van der Waals surface area (Å²) < 4.78 is 6.66. The summed E-state index contributed by atoms with van der Waals surface area (Å²) in [6.07, 6.45) is 1.42. The number of nitro benzene ring substituents is 1. The quantitative estimate of drug-likeness (QED) is 0.511. The first-order valence-electron chi connectivity index (χ1n) is 6.38. The summed E-state index contributed by atoms with van der Waals surface area (Å²) in [4.78, 5) is 18.7. The van der Waals surface area contributed by atoms with Gasteiger partial charge in [0, 0.05) is 16.1 Å². The number of aryl methyl sites for hydroxylation is 1. The second kappa shape index (κ2) is 5.69. The topological polar surface area (TPSA) is 78.2 Å². The van der Waals surface area contributed by atoms with E-state index in [4.69, 9.17) is 4.74 Å². The molecule has 1 heterocycles. The van der Waals surface area contributed by atoms with Gasteiger partial charge >= 0.3 is 0 Å². The highest BCUT2D eigenvalue weighted by atomic mass is 79.9. The minimum atomic E-state index is -0.420. The molecule has 6 nitrogen and oxygen atoms in total. The first-order chi connectivity index (χ1) is 10.5. The van der Waals surface area contributed by atoms with Crippen LogP contribution in [-0.2, 0) is 0 Å². The lowest BCUT2D eigenvalue weighted by Crippen LogP contribution is -1.94. The third-order valence-corrected chi connectivity index (χ3v) is 3.63. The monoisotopic (exact) mass is 359 g/mol. The van der Waals surface area contributed by atoms with Crippen LogP contribution in [0, 0.1) is 17.0 Å². The van der Waals surface area contributed by atoms with Gasteiger partial charge in [-0.2, -0.15) is 0 Å². The molecule has 0 fully saturated rings. The number of hydrogen-bond acceptors (Lipinski definition) is 5. The molecule has 0 amide bonds. The van der Waals surface area contributed by atoms with E-state index in [0.29, 0.717) is 17.2 Å². The number of fused-ring (bicyclic) bond motifs is 1. The molecule has 7 heteroatoms. The summed E-state index contributed by atoms with van der Waals surface area (Å²) in [7, 11) is 0. The molecule has 2 aromatic carbocycles. The van der Waals surface area contributed by atoms with Gasteiger partial charge in [-0.1, -0.05) is 15.9 Å². The van der Waals surface area contributed by atoms with Gasteiger partial charge in [-0.25, -0.2) is 9.97 Å². The molecule has 0 N–H and O–H groups in total. The molecule has 0 aliphatic heterocycles. The van der Waals surface area contributed by atoms with Crippen LogP contribution in [-0.4, -0.2) is 14.9 Å². The highest BCUT2D eigenvalue weighted by Gasteiger charge is 2.12.